The maximum absolute atomic E-state index is 11.2. The van der Waals surface area contributed by atoms with Crippen molar-refractivity contribution in [2.45, 2.75) is 19.4 Å². The SMILES string of the molecule is CC(C)(O)C(/C=C/c1ccccc1)=NNc1ccc([N+](=O)[O-])cc1[N+](=O)[O-]. The zero-order valence-corrected chi connectivity index (χ0v) is 14.7. The van der Waals surface area contributed by atoms with Crippen LogP contribution in [0.3, 0.4) is 0 Å². The van der Waals surface area contributed by atoms with E-state index in [2.05, 4.69) is 10.5 Å². The van der Waals surface area contributed by atoms with E-state index in [-0.39, 0.29) is 11.4 Å². The fraction of sp³-hybridized carbons (Fsp3) is 0.167. The summed E-state index contributed by atoms with van der Waals surface area (Å²) in [6.45, 7) is 3.04. The van der Waals surface area contributed by atoms with E-state index in [9.17, 15) is 25.3 Å². The zero-order valence-electron chi connectivity index (χ0n) is 14.7. The summed E-state index contributed by atoms with van der Waals surface area (Å²) < 4.78 is 0. The first-order valence-electron chi connectivity index (χ1n) is 7.91. The summed E-state index contributed by atoms with van der Waals surface area (Å²) in [5.41, 5.74) is 1.38. The van der Waals surface area contributed by atoms with Gasteiger partial charge in [0.05, 0.1) is 21.6 Å². The molecule has 0 aliphatic carbocycles. The van der Waals surface area contributed by atoms with Crippen LogP contribution in [-0.4, -0.2) is 26.3 Å². The third-order valence-corrected chi connectivity index (χ3v) is 3.55. The predicted octanol–water partition coefficient (Wildman–Crippen LogP) is 3.76. The molecule has 0 heterocycles. The first kappa shape index (κ1) is 19.7. The van der Waals surface area contributed by atoms with Gasteiger partial charge in [0.15, 0.2) is 0 Å². The van der Waals surface area contributed by atoms with Gasteiger partial charge in [0.1, 0.15) is 11.3 Å². The smallest absolute Gasteiger partial charge is 0.301 e. The highest BCUT2D eigenvalue weighted by atomic mass is 16.6. The van der Waals surface area contributed by atoms with Gasteiger partial charge in [-0.3, -0.25) is 25.7 Å². The highest BCUT2D eigenvalue weighted by Gasteiger charge is 2.22. The van der Waals surface area contributed by atoms with E-state index < -0.39 is 26.8 Å². The first-order valence-corrected chi connectivity index (χ1v) is 7.91. The summed E-state index contributed by atoms with van der Waals surface area (Å²) in [7, 11) is 0. The third kappa shape index (κ3) is 5.44. The Kier molecular flexibility index (Phi) is 5.99. The van der Waals surface area contributed by atoms with Gasteiger partial charge < -0.3 is 5.11 Å². The number of aliphatic hydroxyl groups is 1. The maximum Gasteiger partial charge on any atom is 0.301 e. The molecule has 140 valence electrons. The molecule has 0 saturated heterocycles. The Morgan fingerprint density at radius 1 is 1.11 bits per heavy atom. The lowest BCUT2D eigenvalue weighted by Crippen LogP contribution is -2.30. The van der Waals surface area contributed by atoms with Crippen LogP contribution in [0.25, 0.3) is 6.08 Å². The largest absolute Gasteiger partial charge is 0.384 e. The van der Waals surface area contributed by atoms with Crippen LogP contribution >= 0.6 is 0 Å². The molecule has 0 spiro atoms. The average molecular weight is 370 g/mol. The molecule has 2 aromatic carbocycles. The van der Waals surface area contributed by atoms with Crippen molar-refractivity contribution in [1.82, 2.24) is 0 Å². The number of nitro groups is 2. The summed E-state index contributed by atoms with van der Waals surface area (Å²) in [4.78, 5) is 20.5. The molecular weight excluding hydrogens is 352 g/mol. The summed E-state index contributed by atoms with van der Waals surface area (Å²) in [5.74, 6) is 0. The summed E-state index contributed by atoms with van der Waals surface area (Å²) >= 11 is 0. The summed E-state index contributed by atoms with van der Waals surface area (Å²) in [6.07, 6.45) is 3.32. The van der Waals surface area contributed by atoms with Gasteiger partial charge in [-0.1, -0.05) is 36.4 Å². The second-order valence-electron chi connectivity index (χ2n) is 6.13. The molecule has 0 aliphatic heterocycles. The molecule has 2 rings (SSSR count). The Morgan fingerprint density at radius 3 is 2.33 bits per heavy atom. The summed E-state index contributed by atoms with van der Waals surface area (Å²) in [6, 6.07) is 12.5. The Labute approximate surface area is 155 Å². The van der Waals surface area contributed by atoms with Gasteiger partial charge in [0, 0.05) is 6.07 Å². The van der Waals surface area contributed by atoms with E-state index in [4.69, 9.17) is 0 Å². The van der Waals surface area contributed by atoms with E-state index in [0.717, 1.165) is 17.7 Å². The lowest BCUT2D eigenvalue weighted by atomic mass is 10.0. The Balaban J connectivity index is 2.35. The first-order chi connectivity index (χ1) is 12.7. The molecule has 0 unspecified atom stereocenters. The number of nitrogens with one attached hydrogen (secondary N) is 1. The number of nitrogens with zero attached hydrogens (tertiary/aromatic N) is 3. The van der Waals surface area contributed by atoms with Gasteiger partial charge in [-0.25, -0.2) is 0 Å². The number of hydrazone groups is 1. The van der Waals surface area contributed by atoms with Gasteiger partial charge in [-0.2, -0.15) is 5.10 Å². The van der Waals surface area contributed by atoms with Crippen LogP contribution in [0.5, 0.6) is 0 Å². The Bertz CT molecular complexity index is 902. The second-order valence-corrected chi connectivity index (χ2v) is 6.13. The number of nitro benzene ring substituents is 2. The van der Waals surface area contributed by atoms with Crippen molar-refractivity contribution in [3.8, 4) is 0 Å². The lowest BCUT2D eigenvalue weighted by Gasteiger charge is -2.17. The van der Waals surface area contributed by atoms with Crippen LogP contribution in [0.2, 0.25) is 0 Å². The zero-order chi connectivity index (χ0) is 20.0. The van der Waals surface area contributed by atoms with E-state index in [1.807, 2.05) is 30.3 Å². The molecule has 9 heteroatoms. The molecular formula is C18H18N4O5. The monoisotopic (exact) mass is 370 g/mol. The van der Waals surface area contributed by atoms with E-state index in [1.165, 1.54) is 19.9 Å². The lowest BCUT2D eigenvalue weighted by molar-refractivity contribution is -0.393. The Hall–Kier alpha value is -3.59. The van der Waals surface area contributed by atoms with E-state index in [1.54, 1.807) is 12.2 Å². The van der Waals surface area contributed by atoms with Crippen molar-refractivity contribution in [2.24, 2.45) is 5.10 Å². The number of anilines is 1. The van der Waals surface area contributed by atoms with E-state index in [0.29, 0.717) is 0 Å². The van der Waals surface area contributed by atoms with Crippen LogP contribution in [0.4, 0.5) is 17.1 Å². The number of non-ortho nitro benzene ring substituents is 1. The van der Waals surface area contributed by atoms with Gasteiger partial charge in [0.2, 0.25) is 0 Å². The second kappa shape index (κ2) is 8.19. The van der Waals surface area contributed by atoms with Crippen molar-refractivity contribution < 1.29 is 15.0 Å². The van der Waals surface area contributed by atoms with Crippen LogP contribution < -0.4 is 5.43 Å². The molecule has 0 amide bonds. The minimum atomic E-state index is -1.33. The van der Waals surface area contributed by atoms with Crippen molar-refractivity contribution in [2.75, 3.05) is 5.43 Å². The normalized spacial score (nSPS) is 12.2. The number of rotatable bonds is 7. The predicted molar refractivity (Wildman–Crippen MR) is 103 cm³/mol. The average Bonchev–Trinajstić information content (AvgIpc) is 2.61. The van der Waals surface area contributed by atoms with Gasteiger partial charge in [0.25, 0.3) is 5.69 Å². The fourth-order valence-electron chi connectivity index (χ4n) is 2.12. The molecule has 2 aromatic rings. The molecule has 2 N–H and O–H groups in total. The minimum absolute atomic E-state index is 0.0274. The third-order valence-electron chi connectivity index (χ3n) is 3.55. The molecule has 0 radical (unpaired) electrons. The van der Waals surface area contributed by atoms with Crippen LogP contribution in [-0.2, 0) is 0 Å². The molecule has 9 nitrogen and oxygen atoms in total. The maximum atomic E-state index is 11.2. The van der Waals surface area contributed by atoms with Crippen molar-refractivity contribution in [1.29, 1.82) is 0 Å². The highest BCUT2D eigenvalue weighted by molar-refractivity contribution is 6.04. The van der Waals surface area contributed by atoms with Crippen LogP contribution in [0.15, 0.2) is 59.7 Å². The van der Waals surface area contributed by atoms with Crippen LogP contribution in [0.1, 0.15) is 19.4 Å². The summed E-state index contributed by atoms with van der Waals surface area (Å²) in [5, 5.41) is 36.3. The number of hydrogen-bond donors (Lipinski definition) is 2. The molecule has 0 fully saturated rings. The van der Waals surface area contributed by atoms with Crippen molar-refractivity contribution in [3.63, 3.8) is 0 Å². The van der Waals surface area contributed by atoms with Gasteiger partial charge in [-0.05, 0) is 31.6 Å². The number of benzene rings is 2. The molecule has 0 aliphatic rings. The minimum Gasteiger partial charge on any atom is -0.384 e. The number of hydrogen-bond acceptors (Lipinski definition) is 7. The topological polar surface area (TPSA) is 131 Å². The van der Waals surface area contributed by atoms with E-state index >= 15 is 0 Å². The Morgan fingerprint density at radius 2 is 1.78 bits per heavy atom. The quantitative estimate of drug-likeness (QED) is 0.433. The van der Waals surface area contributed by atoms with Crippen LogP contribution in [0, 0.1) is 20.2 Å². The standard InChI is InChI=1S/C18H18N4O5/c1-18(2,23)17(11-8-13-6-4-3-5-7-13)20-19-15-10-9-14(21(24)25)12-16(15)22(26)27/h3-12,19,23H,1-2H3/b11-8+,20-17?. The molecule has 0 bridgehead atoms. The molecule has 0 atom stereocenters. The molecule has 0 aromatic heterocycles. The van der Waals surface area contributed by atoms with Gasteiger partial charge >= 0.3 is 5.69 Å². The van der Waals surface area contributed by atoms with Crippen molar-refractivity contribution >= 4 is 28.8 Å². The molecule has 27 heavy (non-hydrogen) atoms. The highest BCUT2D eigenvalue weighted by Crippen LogP contribution is 2.29. The van der Waals surface area contributed by atoms with Gasteiger partial charge in [-0.15, -0.1) is 0 Å². The van der Waals surface area contributed by atoms with Crippen molar-refractivity contribution in [3.05, 3.63) is 80.4 Å². The fourth-order valence-corrected chi connectivity index (χ4v) is 2.12. The molecule has 0 saturated carbocycles.